The molecular formula is C17H24N2O2. The van der Waals surface area contributed by atoms with Gasteiger partial charge in [0.25, 0.3) is 5.91 Å². The fraction of sp³-hybridized carbons (Fsp3) is 0.588. The number of nitrogens with zero attached hydrogens (tertiary/aromatic N) is 2. The van der Waals surface area contributed by atoms with E-state index in [2.05, 4.69) is 17.0 Å². The smallest absolute Gasteiger partial charge is 0.254 e. The summed E-state index contributed by atoms with van der Waals surface area (Å²) in [5, 5.41) is 0. The predicted octanol–water partition coefficient (Wildman–Crippen LogP) is 2.54. The molecule has 0 aromatic heterocycles. The minimum Gasteiger partial charge on any atom is -0.378 e. The van der Waals surface area contributed by atoms with Crippen LogP contribution in [-0.4, -0.2) is 50.2 Å². The molecule has 1 aromatic rings. The third-order valence-electron chi connectivity index (χ3n) is 4.38. The Morgan fingerprint density at radius 1 is 0.857 bits per heavy atom. The van der Waals surface area contributed by atoms with Crippen molar-refractivity contribution in [1.82, 2.24) is 4.90 Å². The van der Waals surface area contributed by atoms with Crippen molar-refractivity contribution in [2.75, 3.05) is 44.3 Å². The molecule has 2 fully saturated rings. The van der Waals surface area contributed by atoms with Crippen LogP contribution in [0.3, 0.4) is 0 Å². The highest BCUT2D eigenvalue weighted by molar-refractivity contribution is 5.94. The van der Waals surface area contributed by atoms with Gasteiger partial charge >= 0.3 is 0 Å². The van der Waals surface area contributed by atoms with Crippen LogP contribution in [0.4, 0.5) is 5.69 Å². The van der Waals surface area contributed by atoms with Crippen LogP contribution < -0.4 is 4.90 Å². The molecule has 2 aliphatic heterocycles. The van der Waals surface area contributed by atoms with E-state index in [4.69, 9.17) is 4.74 Å². The third kappa shape index (κ3) is 3.56. The van der Waals surface area contributed by atoms with Gasteiger partial charge in [0.1, 0.15) is 0 Å². The number of rotatable bonds is 2. The molecule has 0 aliphatic carbocycles. The zero-order valence-corrected chi connectivity index (χ0v) is 12.6. The van der Waals surface area contributed by atoms with Crippen LogP contribution in [0.25, 0.3) is 0 Å². The Hall–Kier alpha value is -1.55. The van der Waals surface area contributed by atoms with E-state index >= 15 is 0 Å². The lowest BCUT2D eigenvalue weighted by molar-refractivity contribution is 0.0303. The van der Waals surface area contributed by atoms with Crippen molar-refractivity contribution >= 4 is 11.6 Å². The van der Waals surface area contributed by atoms with Gasteiger partial charge in [-0.05, 0) is 37.1 Å². The highest BCUT2D eigenvalue weighted by Gasteiger charge is 2.18. The molecule has 114 valence electrons. The second-order valence-electron chi connectivity index (χ2n) is 5.85. The summed E-state index contributed by atoms with van der Waals surface area (Å²) < 4.78 is 5.30. The minimum absolute atomic E-state index is 0.126. The second-order valence-corrected chi connectivity index (χ2v) is 5.85. The maximum Gasteiger partial charge on any atom is 0.254 e. The van der Waals surface area contributed by atoms with Gasteiger partial charge in [-0.1, -0.05) is 12.8 Å². The van der Waals surface area contributed by atoms with E-state index in [1.54, 1.807) is 0 Å². The van der Waals surface area contributed by atoms with Crippen molar-refractivity contribution in [2.45, 2.75) is 25.7 Å². The first-order valence-corrected chi connectivity index (χ1v) is 8.06. The molecule has 0 radical (unpaired) electrons. The van der Waals surface area contributed by atoms with Crippen molar-refractivity contribution in [2.24, 2.45) is 0 Å². The molecule has 4 heteroatoms. The number of hydrogen-bond acceptors (Lipinski definition) is 3. The highest BCUT2D eigenvalue weighted by Crippen LogP contribution is 2.20. The zero-order valence-electron chi connectivity index (χ0n) is 12.6. The lowest BCUT2D eigenvalue weighted by atomic mass is 10.1. The summed E-state index contributed by atoms with van der Waals surface area (Å²) in [6.45, 7) is 4.97. The van der Waals surface area contributed by atoms with Crippen molar-refractivity contribution in [3.8, 4) is 0 Å². The van der Waals surface area contributed by atoms with Crippen LogP contribution in [0.15, 0.2) is 24.3 Å². The van der Waals surface area contributed by atoms with E-state index < -0.39 is 0 Å². The zero-order chi connectivity index (χ0) is 14.5. The lowest BCUT2D eigenvalue weighted by Crippen LogP contribution is -2.40. The molecule has 0 bridgehead atoms. The van der Waals surface area contributed by atoms with Gasteiger partial charge in [0.05, 0.1) is 13.2 Å². The molecule has 1 amide bonds. The van der Waals surface area contributed by atoms with Gasteiger partial charge < -0.3 is 14.5 Å². The van der Waals surface area contributed by atoms with E-state index in [0.717, 1.165) is 18.7 Å². The first-order chi connectivity index (χ1) is 10.3. The van der Waals surface area contributed by atoms with E-state index in [1.807, 2.05) is 17.0 Å². The summed E-state index contributed by atoms with van der Waals surface area (Å²) in [5.74, 6) is 0.126. The molecule has 0 atom stereocenters. The van der Waals surface area contributed by atoms with E-state index in [0.29, 0.717) is 26.3 Å². The van der Waals surface area contributed by atoms with Crippen molar-refractivity contribution in [1.29, 1.82) is 0 Å². The molecule has 0 unspecified atom stereocenters. The number of benzene rings is 1. The molecule has 2 aliphatic rings. The largest absolute Gasteiger partial charge is 0.378 e. The van der Waals surface area contributed by atoms with Gasteiger partial charge in [-0.2, -0.15) is 0 Å². The van der Waals surface area contributed by atoms with Crippen molar-refractivity contribution < 1.29 is 9.53 Å². The average molecular weight is 288 g/mol. The quantitative estimate of drug-likeness (QED) is 0.838. The summed E-state index contributed by atoms with van der Waals surface area (Å²) in [5.41, 5.74) is 2.03. The number of amides is 1. The molecule has 2 saturated heterocycles. The molecule has 2 heterocycles. The molecule has 0 N–H and O–H groups in total. The van der Waals surface area contributed by atoms with Gasteiger partial charge in [-0.15, -0.1) is 0 Å². The molecule has 1 aromatic carbocycles. The van der Waals surface area contributed by atoms with Crippen LogP contribution in [0.2, 0.25) is 0 Å². The van der Waals surface area contributed by atoms with Gasteiger partial charge in [0.2, 0.25) is 0 Å². The Kier molecular flexibility index (Phi) is 4.76. The van der Waals surface area contributed by atoms with Crippen LogP contribution in [0, 0.1) is 0 Å². The molecule has 3 rings (SSSR count). The molecule has 4 nitrogen and oxygen atoms in total. The number of hydrogen-bond donors (Lipinski definition) is 0. The summed E-state index contributed by atoms with van der Waals surface area (Å²) in [4.78, 5) is 16.7. The molecule has 0 spiro atoms. The number of morpholine rings is 1. The molecular weight excluding hydrogens is 264 g/mol. The van der Waals surface area contributed by atoms with Crippen molar-refractivity contribution in [3.05, 3.63) is 29.8 Å². The number of anilines is 1. The Morgan fingerprint density at radius 2 is 1.48 bits per heavy atom. The Morgan fingerprint density at radius 3 is 2.10 bits per heavy atom. The monoisotopic (exact) mass is 288 g/mol. The fourth-order valence-electron chi connectivity index (χ4n) is 3.09. The molecule has 0 saturated carbocycles. The third-order valence-corrected chi connectivity index (χ3v) is 4.38. The Labute approximate surface area is 126 Å². The fourth-order valence-corrected chi connectivity index (χ4v) is 3.09. The van der Waals surface area contributed by atoms with Gasteiger partial charge in [0, 0.05) is 37.4 Å². The van der Waals surface area contributed by atoms with Gasteiger partial charge in [-0.3, -0.25) is 4.79 Å². The SMILES string of the molecule is O=C(c1ccc(N2CCCCCC2)cc1)N1CCOCC1. The number of carbonyl (C=O) groups is 1. The summed E-state index contributed by atoms with van der Waals surface area (Å²) in [6.07, 6.45) is 5.22. The van der Waals surface area contributed by atoms with Gasteiger partial charge in [-0.25, -0.2) is 0 Å². The number of ether oxygens (including phenoxy) is 1. The lowest BCUT2D eigenvalue weighted by Gasteiger charge is -2.27. The van der Waals surface area contributed by atoms with Crippen LogP contribution in [-0.2, 0) is 4.74 Å². The maximum absolute atomic E-state index is 12.4. The second kappa shape index (κ2) is 6.94. The molecule has 21 heavy (non-hydrogen) atoms. The Balaban J connectivity index is 1.66. The first-order valence-electron chi connectivity index (χ1n) is 8.06. The highest BCUT2D eigenvalue weighted by atomic mass is 16.5. The number of carbonyl (C=O) groups excluding carboxylic acids is 1. The maximum atomic E-state index is 12.4. The summed E-state index contributed by atoms with van der Waals surface area (Å²) in [7, 11) is 0. The van der Waals surface area contributed by atoms with E-state index in [9.17, 15) is 4.79 Å². The van der Waals surface area contributed by atoms with Crippen LogP contribution in [0.5, 0.6) is 0 Å². The first kappa shape index (κ1) is 14.4. The predicted molar refractivity (Wildman–Crippen MR) is 83.8 cm³/mol. The summed E-state index contributed by atoms with van der Waals surface area (Å²) in [6, 6.07) is 8.13. The van der Waals surface area contributed by atoms with Gasteiger partial charge in [0.15, 0.2) is 0 Å². The van der Waals surface area contributed by atoms with E-state index in [-0.39, 0.29) is 5.91 Å². The summed E-state index contributed by atoms with van der Waals surface area (Å²) >= 11 is 0. The Bertz CT molecular complexity index is 458. The van der Waals surface area contributed by atoms with Crippen molar-refractivity contribution in [3.63, 3.8) is 0 Å². The standard InChI is InChI=1S/C17H24N2O2/c20-17(19-11-13-21-14-12-19)15-5-7-16(8-6-15)18-9-3-1-2-4-10-18/h5-8H,1-4,9-14H2. The van der Waals surface area contributed by atoms with E-state index in [1.165, 1.54) is 31.4 Å². The average Bonchev–Trinajstić information content (AvgIpc) is 2.84. The topological polar surface area (TPSA) is 32.8 Å². The minimum atomic E-state index is 0.126. The van der Waals surface area contributed by atoms with Crippen LogP contribution >= 0.6 is 0 Å². The normalized spacial score (nSPS) is 20.2. The van der Waals surface area contributed by atoms with Crippen LogP contribution in [0.1, 0.15) is 36.0 Å².